The average Bonchev–Trinajstić information content (AvgIpc) is 2.72. The van der Waals surface area contributed by atoms with Crippen LogP contribution in [0.4, 0.5) is 5.82 Å². The summed E-state index contributed by atoms with van der Waals surface area (Å²) in [5.74, 6) is 2.07. The van der Waals surface area contributed by atoms with Crippen molar-refractivity contribution in [3.05, 3.63) is 41.6 Å². The predicted octanol–water partition coefficient (Wildman–Crippen LogP) is 3.16. The Morgan fingerprint density at radius 1 is 1.19 bits per heavy atom. The number of anilines is 1. The fraction of sp³-hybridized carbons (Fsp3) is 0.316. The molecule has 140 valence electrons. The lowest BCUT2D eigenvalue weighted by Gasteiger charge is -2.28. The molecule has 1 saturated heterocycles. The van der Waals surface area contributed by atoms with Crippen molar-refractivity contribution in [1.29, 1.82) is 0 Å². The monoisotopic (exact) mass is 386 g/mol. The van der Waals surface area contributed by atoms with E-state index in [1.807, 2.05) is 30.3 Å². The number of methoxy groups -OCH3 is 1. The summed E-state index contributed by atoms with van der Waals surface area (Å²) in [5.41, 5.74) is 2.29. The van der Waals surface area contributed by atoms with Crippen LogP contribution in [0.2, 0.25) is 5.02 Å². The van der Waals surface area contributed by atoms with E-state index in [2.05, 4.69) is 14.9 Å². The molecule has 0 atom stereocenters. The number of ether oxygens (including phenoxy) is 3. The van der Waals surface area contributed by atoms with Crippen molar-refractivity contribution in [2.24, 2.45) is 0 Å². The minimum Gasteiger partial charge on any atom is -0.468 e. The molecule has 27 heavy (non-hydrogen) atoms. The molecule has 0 N–H and O–H groups in total. The largest absolute Gasteiger partial charge is 0.468 e. The Morgan fingerprint density at radius 2 is 2.04 bits per heavy atom. The van der Waals surface area contributed by atoms with Crippen molar-refractivity contribution in [1.82, 2.24) is 15.0 Å². The van der Waals surface area contributed by atoms with Gasteiger partial charge < -0.3 is 19.1 Å². The molecule has 0 spiro atoms. The summed E-state index contributed by atoms with van der Waals surface area (Å²) in [5, 5.41) is 0.539. The van der Waals surface area contributed by atoms with Crippen molar-refractivity contribution < 1.29 is 14.2 Å². The first-order chi connectivity index (χ1) is 13.2. The average molecular weight is 387 g/mol. The highest BCUT2D eigenvalue weighted by Gasteiger charge is 2.19. The van der Waals surface area contributed by atoms with Crippen molar-refractivity contribution in [3.63, 3.8) is 0 Å². The third kappa shape index (κ3) is 3.95. The van der Waals surface area contributed by atoms with Crippen LogP contribution in [0.5, 0.6) is 5.75 Å². The van der Waals surface area contributed by atoms with Crippen LogP contribution in [0.3, 0.4) is 0 Å². The number of fused-ring (bicyclic) bond motifs is 1. The van der Waals surface area contributed by atoms with E-state index in [-0.39, 0.29) is 6.79 Å². The van der Waals surface area contributed by atoms with Crippen LogP contribution < -0.4 is 9.64 Å². The van der Waals surface area contributed by atoms with Crippen molar-refractivity contribution >= 4 is 28.5 Å². The van der Waals surface area contributed by atoms with E-state index in [0.717, 1.165) is 30.0 Å². The van der Waals surface area contributed by atoms with E-state index in [1.165, 1.54) is 0 Å². The Hall–Kier alpha value is -2.48. The predicted molar refractivity (Wildman–Crippen MR) is 103 cm³/mol. The van der Waals surface area contributed by atoms with E-state index >= 15 is 0 Å². The van der Waals surface area contributed by atoms with Crippen LogP contribution in [0.1, 0.15) is 0 Å². The summed E-state index contributed by atoms with van der Waals surface area (Å²) < 4.78 is 16.0. The van der Waals surface area contributed by atoms with Crippen LogP contribution in [-0.4, -0.2) is 55.2 Å². The van der Waals surface area contributed by atoms with E-state index in [9.17, 15) is 0 Å². The van der Waals surface area contributed by atoms with Gasteiger partial charge in [0, 0.05) is 32.0 Å². The van der Waals surface area contributed by atoms with Crippen molar-refractivity contribution in [2.75, 3.05) is 45.1 Å². The molecule has 0 saturated carbocycles. The first-order valence-electron chi connectivity index (χ1n) is 8.63. The number of benzene rings is 1. The molecule has 0 unspecified atom stereocenters. The minimum atomic E-state index is 0.181. The molecule has 2 aromatic heterocycles. The Bertz CT molecular complexity index is 947. The zero-order chi connectivity index (χ0) is 18.6. The summed E-state index contributed by atoms with van der Waals surface area (Å²) in [4.78, 5) is 16.1. The van der Waals surface area contributed by atoms with Gasteiger partial charge in [0.15, 0.2) is 18.4 Å². The molecule has 3 heterocycles. The van der Waals surface area contributed by atoms with E-state index in [4.69, 9.17) is 30.8 Å². The second-order valence-electron chi connectivity index (χ2n) is 6.07. The Morgan fingerprint density at radius 3 is 2.85 bits per heavy atom. The zero-order valence-corrected chi connectivity index (χ0v) is 15.6. The first kappa shape index (κ1) is 17.9. The molecule has 1 fully saturated rings. The second-order valence-corrected chi connectivity index (χ2v) is 6.51. The van der Waals surface area contributed by atoms with Gasteiger partial charge in [-0.2, -0.15) is 0 Å². The van der Waals surface area contributed by atoms with Gasteiger partial charge in [0.25, 0.3) is 0 Å². The number of hydrogen-bond donors (Lipinski definition) is 0. The first-order valence-corrected chi connectivity index (χ1v) is 9.00. The third-order valence-electron chi connectivity index (χ3n) is 4.23. The molecule has 0 radical (unpaired) electrons. The smallest absolute Gasteiger partial charge is 0.188 e. The second kappa shape index (κ2) is 8.04. The van der Waals surface area contributed by atoms with Gasteiger partial charge in [-0.1, -0.05) is 23.7 Å². The van der Waals surface area contributed by atoms with Crippen molar-refractivity contribution in [3.8, 4) is 17.1 Å². The maximum atomic E-state index is 6.15. The van der Waals surface area contributed by atoms with Crippen LogP contribution in [-0.2, 0) is 9.47 Å². The fourth-order valence-electron chi connectivity index (χ4n) is 2.96. The Balaban J connectivity index is 1.81. The molecule has 1 aromatic carbocycles. The molecule has 0 amide bonds. The highest BCUT2D eigenvalue weighted by Crippen LogP contribution is 2.29. The van der Waals surface area contributed by atoms with E-state index in [0.29, 0.717) is 35.3 Å². The summed E-state index contributed by atoms with van der Waals surface area (Å²) in [6.45, 7) is 3.02. The summed E-state index contributed by atoms with van der Waals surface area (Å²) in [6, 6.07) is 9.41. The highest BCUT2D eigenvalue weighted by molar-refractivity contribution is 6.31. The number of nitrogens with zero attached hydrogens (tertiary/aromatic N) is 4. The van der Waals surface area contributed by atoms with Crippen molar-refractivity contribution in [2.45, 2.75) is 0 Å². The van der Waals surface area contributed by atoms with E-state index in [1.54, 1.807) is 13.3 Å². The lowest BCUT2D eigenvalue weighted by molar-refractivity contribution is 0.0511. The van der Waals surface area contributed by atoms with Gasteiger partial charge in [-0.25, -0.2) is 15.0 Å². The SMILES string of the molecule is COCOc1cccc(-c2nc(N3CCOCC3)c3ncc(Cl)cc3n2)c1. The van der Waals surface area contributed by atoms with E-state index < -0.39 is 0 Å². The minimum absolute atomic E-state index is 0.181. The number of aromatic nitrogens is 3. The number of hydrogen-bond acceptors (Lipinski definition) is 7. The molecule has 0 aliphatic carbocycles. The molecule has 3 aromatic rings. The van der Waals surface area contributed by atoms with Crippen LogP contribution >= 0.6 is 11.6 Å². The molecule has 4 rings (SSSR count). The molecule has 0 bridgehead atoms. The lowest BCUT2D eigenvalue weighted by Crippen LogP contribution is -2.37. The molecular weight excluding hydrogens is 368 g/mol. The number of pyridine rings is 1. The normalized spacial score (nSPS) is 14.5. The lowest BCUT2D eigenvalue weighted by atomic mass is 10.2. The number of morpholine rings is 1. The van der Waals surface area contributed by atoms with Gasteiger partial charge in [-0.05, 0) is 18.2 Å². The molecular formula is C19H19ClN4O3. The third-order valence-corrected chi connectivity index (χ3v) is 4.44. The molecule has 1 aliphatic heterocycles. The van der Waals surface area contributed by atoms with Gasteiger partial charge in [-0.15, -0.1) is 0 Å². The van der Waals surface area contributed by atoms with Crippen LogP contribution in [0.25, 0.3) is 22.4 Å². The number of halogens is 1. The molecule has 8 heteroatoms. The van der Waals surface area contributed by atoms with Crippen LogP contribution in [0.15, 0.2) is 36.5 Å². The van der Waals surface area contributed by atoms with Gasteiger partial charge in [0.1, 0.15) is 11.3 Å². The number of rotatable bonds is 5. The van der Waals surface area contributed by atoms with Gasteiger partial charge in [0.2, 0.25) is 0 Å². The topological polar surface area (TPSA) is 69.6 Å². The summed E-state index contributed by atoms with van der Waals surface area (Å²) in [6.07, 6.45) is 1.62. The summed E-state index contributed by atoms with van der Waals surface area (Å²) >= 11 is 6.15. The van der Waals surface area contributed by atoms with Gasteiger partial charge in [0.05, 0.1) is 23.8 Å². The maximum Gasteiger partial charge on any atom is 0.188 e. The van der Waals surface area contributed by atoms with Crippen LogP contribution in [0, 0.1) is 0 Å². The Kier molecular flexibility index (Phi) is 5.33. The maximum absolute atomic E-state index is 6.15. The summed E-state index contributed by atoms with van der Waals surface area (Å²) in [7, 11) is 1.58. The quantitative estimate of drug-likeness (QED) is 0.624. The highest BCUT2D eigenvalue weighted by atomic mass is 35.5. The standard InChI is InChI=1S/C19H19ClN4O3/c1-25-12-27-15-4-2-3-13(9-15)18-22-16-10-14(20)11-21-17(16)19(23-18)24-5-7-26-8-6-24/h2-4,9-11H,5-8,12H2,1H3. The van der Waals surface area contributed by atoms with Gasteiger partial charge >= 0.3 is 0 Å². The van der Waals surface area contributed by atoms with Gasteiger partial charge in [-0.3, -0.25) is 0 Å². The zero-order valence-electron chi connectivity index (χ0n) is 14.9. The molecule has 7 nitrogen and oxygen atoms in total. The Labute approximate surface area is 161 Å². The fourth-order valence-corrected chi connectivity index (χ4v) is 3.11. The molecule has 1 aliphatic rings.